The molecule has 0 spiro atoms. The van der Waals surface area contributed by atoms with Gasteiger partial charge in [0, 0.05) is 32.4 Å². The van der Waals surface area contributed by atoms with E-state index in [0.29, 0.717) is 6.54 Å². The minimum atomic E-state index is 0.593. The van der Waals surface area contributed by atoms with Crippen LogP contribution in [0.5, 0.6) is 0 Å². The summed E-state index contributed by atoms with van der Waals surface area (Å²) in [6.45, 7) is 0.593. The van der Waals surface area contributed by atoms with Crippen LogP contribution in [0.4, 0.5) is 5.69 Å². The monoisotopic (exact) mass is 239 g/mol. The lowest BCUT2D eigenvalue weighted by Crippen LogP contribution is -2.09. The molecule has 0 saturated heterocycles. The molecule has 2 nitrogen and oxygen atoms in total. The Kier molecular flexibility index (Phi) is 4.00. The van der Waals surface area contributed by atoms with Crippen LogP contribution in [0.3, 0.4) is 0 Å². The maximum absolute atomic E-state index is 5.77. The molecule has 0 aromatic heterocycles. The van der Waals surface area contributed by atoms with Gasteiger partial charge in [0.05, 0.1) is 0 Å². The van der Waals surface area contributed by atoms with E-state index in [1.165, 1.54) is 16.7 Å². The first kappa shape index (κ1) is 12.7. The van der Waals surface area contributed by atoms with Crippen molar-refractivity contribution in [2.24, 2.45) is 5.73 Å². The summed E-state index contributed by atoms with van der Waals surface area (Å²) in [7, 11) is 4.06. The molecule has 0 heterocycles. The number of anilines is 1. The van der Waals surface area contributed by atoms with Gasteiger partial charge in [0.25, 0.3) is 0 Å². The molecule has 18 heavy (non-hydrogen) atoms. The van der Waals surface area contributed by atoms with Crippen LogP contribution in [0, 0.1) is 6.07 Å². The van der Waals surface area contributed by atoms with Crippen LogP contribution in [0.1, 0.15) is 16.7 Å². The van der Waals surface area contributed by atoms with E-state index in [1.807, 2.05) is 26.2 Å². The van der Waals surface area contributed by atoms with Crippen LogP contribution in [0.25, 0.3) is 0 Å². The lowest BCUT2D eigenvalue weighted by atomic mass is 9.99. The largest absolute Gasteiger partial charge is 0.377 e. The van der Waals surface area contributed by atoms with Crippen molar-refractivity contribution >= 4 is 5.69 Å². The molecule has 0 fully saturated rings. The number of nitrogens with two attached hydrogens (primary N) is 1. The predicted molar refractivity (Wildman–Crippen MR) is 76.7 cm³/mol. The standard InChI is InChI=1S/C16H19N2/c1-18(2)16-9-5-6-13(11-16)10-14-7-3-4-8-15(14)12-17/h3-8,11H,10,12,17H2,1-2H3. The van der Waals surface area contributed by atoms with Crippen LogP contribution >= 0.6 is 0 Å². The van der Waals surface area contributed by atoms with Crippen molar-refractivity contribution in [1.29, 1.82) is 0 Å². The summed E-state index contributed by atoms with van der Waals surface area (Å²) in [6.07, 6.45) is 0.920. The van der Waals surface area contributed by atoms with Crippen LogP contribution in [-0.4, -0.2) is 14.1 Å². The summed E-state index contributed by atoms with van der Waals surface area (Å²) >= 11 is 0. The van der Waals surface area contributed by atoms with Gasteiger partial charge < -0.3 is 10.6 Å². The average Bonchev–Trinajstić information content (AvgIpc) is 2.39. The smallest absolute Gasteiger partial charge is 0.0444 e. The molecule has 0 aliphatic rings. The maximum atomic E-state index is 5.77. The molecule has 0 unspecified atom stereocenters. The molecule has 0 amide bonds. The number of hydrogen-bond acceptors (Lipinski definition) is 2. The lowest BCUT2D eigenvalue weighted by Gasteiger charge is -2.14. The Bertz CT molecular complexity index is 518. The first-order valence-electron chi connectivity index (χ1n) is 6.15. The Hall–Kier alpha value is -1.80. The van der Waals surface area contributed by atoms with Crippen LogP contribution in [0.15, 0.2) is 42.5 Å². The van der Waals surface area contributed by atoms with Gasteiger partial charge in [0.1, 0.15) is 0 Å². The predicted octanol–water partition coefficient (Wildman–Crippen LogP) is 2.60. The van der Waals surface area contributed by atoms with Crippen molar-refractivity contribution in [2.45, 2.75) is 13.0 Å². The second-order valence-electron chi connectivity index (χ2n) is 4.63. The fourth-order valence-electron chi connectivity index (χ4n) is 2.02. The topological polar surface area (TPSA) is 29.3 Å². The van der Waals surface area contributed by atoms with Gasteiger partial charge in [-0.05, 0) is 29.2 Å². The highest BCUT2D eigenvalue weighted by Crippen LogP contribution is 2.18. The number of benzene rings is 2. The first-order valence-corrected chi connectivity index (χ1v) is 6.15. The Balaban J connectivity index is 2.25. The Morgan fingerprint density at radius 1 is 1.11 bits per heavy atom. The van der Waals surface area contributed by atoms with Crippen molar-refractivity contribution in [1.82, 2.24) is 0 Å². The number of hydrogen-bond donors (Lipinski definition) is 1. The SMILES string of the molecule is CN(C)c1[c]ccc(Cc2ccccc2CN)c1. The molecule has 0 saturated carbocycles. The minimum absolute atomic E-state index is 0.593. The Labute approximate surface area is 109 Å². The molecule has 0 bridgehead atoms. The molecule has 1 radical (unpaired) electrons. The third-order valence-corrected chi connectivity index (χ3v) is 3.07. The van der Waals surface area contributed by atoms with Crippen molar-refractivity contribution < 1.29 is 0 Å². The van der Waals surface area contributed by atoms with Crippen molar-refractivity contribution in [3.05, 3.63) is 65.2 Å². The molecule has 2 rings (SSSR count). The molecule has 2 aromatic rings. The first-order chi connectivity index (χ1) is 8.70. The molecule has 2 heteroatoms. The molecular formula is C16H19N2. The Morgan fingerprint density at radius 3 is 2.50 bits per heavy atom. The van der Waals surface area contributed by atoms with E-state index in [0.717, 1.165) is 12.1 Å². The van der Waals surface area contributed by atoms with E-state index in [9.17, 15) is 0 Å². The summed E-state index contributed by atoms with van der Waals surface area (Å²) < 4.78 is 0. The highest BCUT2D eigenvalue weighted by Gasteiger charge is 2.03. The van der Waals surface area contributed by atoms with Crippen LogP contribution in [-0.2, 0) is 13.0 Å². The third kappa shape index (κ3) is 2.90. The minimum Gasteiger partial charge on any atom is -0.377 e. The van der Waals surface area contributed by atoms with Crippen LogP contribution in [0.2, 0.25) is 0 Å². The second-order valence-corrected chi connectivity index (χ2v) is 4.63. The molecule has 93 valence electrons. The van der Waals surface area contributed by atoms with E-state index < -0.39 is 0 Å². The Morgan fingerprint density at radius 2 is 1.83 bits per heavy atom. The van der Waals surface area contributed by atoms with Gasteiger partial charge in [-0.15, -0.1) is 0 Å². The van der Waals surface area contributed by atoms with E-state index in [4.69, 9.17) is 5.73 Å². The van der Waals surface area contributed by atoms with Crippen molar-refractivity contribution in [3.63, 3.8) is 0 Å². The molecule has 0 aliphatic carbocycles. The summed E-state index contributed by atoms with van der Waals surface area (Å²) in [4.78, 5) is 2.07. The summed E-state index contributed by atoms with van der Waals surface area (Å²) in [5.74, 6) is 0. The highest BCUT2D eigenvalue weighted by atomic mass is 15.1. The zero-order valence-electron chi connectivity index (χ0n) is 11.0. The number of nitrogens with zero attached hydrogens (tertiary/aromatic N) is 1. The van der Waals surface area contributed by atoms with Gasteiger partial charge in [-0.3, -0.25) is 0 Å². The highest BCUT2D eigenvalue weighted by molar-refractivity contribution is 5.47. The molecule has 0 atom stereocenters. The van der Waals surface area contributed by atoms with Gasteiger partial charge in [0.15, 0.2) is 0 Å². The summed E-state index contributed by atoms with van der Waals surface area (Å²) in [5, 5.41) is 0. The fourth-order valence-corrected chi connectivity index (χ4v) is 2.02. The van der Waals surface area contributed by atoms with Gasteiger partial charge in [0.2, 0.25) is 0 Å². The second kappa shape index (κ2) is 5.69. The molecule has 0 aliphatic heterocycles. The summed E-state index contributed by atoms with van der Waals surface area (Å²) in [6, 6.07) is 17.8. The molecule has 2 aromatic carbocycles. The van der Waals surface area contributed by atoms with Gasteiger partial charge in [-0.25, -0.2) is 0 Å². The van der Waals surface area contributed by atoms with Crippen molar-refractivity contribution in [3.8, 4) is 0 Å². The van der Waals surface area contributed by atoms with Gasteiger partial charge in [-0.2, -0.15) is 0 Å². The van der Waals surface area contributed by atoms with E-state index in [1.54, 1.807) is 0 Å². The van der Waals surface area contributed by atoms with Gasteiger partial charge in [-0.1, -0.05) is 36.4 Å². The maximum Gasteiger partial charge on any atom is 0.0444 e. The molecular weight excluding hydrogens is 220 g/mol. The average molecular weight is 239 g/mol. The van der Waals surface area contributed by atoms with E-state index in [2.05, 4.69) is 41.3 Å². The van der Waals surface area contributed by atoms with Gasteiger partial charge >= 0.3 is 0 Å². The number of rotatable bonds is 4. The normalized spacial score (nSPS) is 10.4. The van der Waals surface area contributed by atoms with E-state index in [-0.39, 0.29) is 0 Å². The third-order valence-electron chi connectivity index (χ3n) is 3.07. The quantitative estimate of drug-likeness (QED) is 0.888. The van der Waals surface area contributed by atoms with E-state index >= 15 is 0 Å². The van der Waals surface area contributed by atoms with Crippen molar-refractivity contribution in [2.75, 3.05) is 19.0 Å². The fraction of sp³-hybridized carbons (Fsp3) is 0.250. The molecule has 2 N–H and O–H groups in total. The van der Waals surface area contributed by atoms with Crippen LogP contribution < -0.4 is 10.6 Å². The zero-order chi connectivity index (χ0) is 13.0. The zero-order valence-corrected chi connectivity index (χ0v) is 11.0. The lowest BCUT2D eigenvalue weighted by molar-refractivity contribution is 1.02. The summed E-state index contributed by atoms with van der Waals surface area (Å²) in [5.41, 5.74) is 10.7.